The van der Waals surface area contributed by atoms with Crippen molar-refractivity contribution in [1.82, 2.24) is 20.4 Å². The van der Waals surface area contributed by atoms with Crippen LogP contribution in [0.3, 0.4) is 0 Å². The second-order valence-electron chi connectivity index (χ2n) is 7.79. The Bertz CT molecular complexity index is 1020. The van der Waals surface area contributed by atoms with Gasteiger partial charge in [0.25, 0.3) is 0 Å². The molecule has 1 saturated heterocycles. The first-order valence-corrected chi connectivity index (χ1v) is 11.6. The van der Waals surface area contributed by atoms with E-state index in [-0.39, 0.29) is 11.9 Å². The third-order valence-corrected chi connectivity index (χ3v) is 6.82. The monoisotopic (exact) mass is 452 g/mol. The molecule has 1 aromatic heterocycles. The van der Waals surface area contributed by atoms with Crippen LogP contribution in [0.1, 0.15) is 29.3 Å². The molecule has 0 aliphatic carbocycles. The molecule has 3 aromatic rings. The first-order valence-electron chi connectivity index (χ1n) is 10.8. The zero-order chi connectivity index (χ0) is 22.3. The molecule has 0 bridgehead atoms. The van der Waals surface area contributed by atoms with E-state index in [1.165, 1.54) is 5.56 Å². The fraction of sp³-hybridized carbons (Fsp3) is 0.375. The van der Waals surface area contributed by atoms with Gasteiger partial charge in [0, 0.05) is 31.1 Å². The number of ether oxygens (including phenoxy) is 2. The van der Waals surface area contributed by atoms with Gasteiger partial charge in [-0.3, -0.25) is 0 Å². The van der Waals surface area contributed by atoms with Crippen LogP contribution in [0.15, 0.2) is 48.5 Å². The standard InChI is InChI=1S/C24H28N4O3S/c1-30-20-9-5-17(6-10-20)13-14-25-24(29)28-15-3-4-19(16-28)23-27-26-22(32-23)18-7-11-21(31-2)12-8-18/h5-12,19H,3-4,13-16H2,1-2H3,(H,25,29). The maximum atomic E-state index is 12.7. The van der Waals surface area contributed by atoms with E-state index < -0.39 is 0 Å². The first kappa shape index (κ1) is 22.1. The molecule has 168 valence electrons. The van der Waals surface area contributed by atoms with Crippen molar-refractivity contribution < 1.29 is 14.3 Å². The summed E-state index contributed by atoms with van der Waals surface area (Å²) in [7, 11) is 3.31. The van der Waals surface area contributed by atoms with Crippen molar-refractivity contribution in [1.29, 1.82) is 0 Å². The van der Waals surface area contributed by atoms with Crippen molar-refractivity contribution >= 4 is 17.4 Å². The van der Waals surface area contributed by atoms with Gasteiger partial charge < -0.3 is 19.7 Å². The van der Waals surface area contributed by atoms with Crippen LogP contribution in [0.25, 0.3) is 10.6 Å². The number of hydrogen-bond donors (Lipinski definition) is 1. The Morgan fingerprint density at radius 3 is 2.44 bits per heavy atom. The third kappa shape index (κ3) is 5.37. The van der Waals surface area contributed by atoms with E-state index >= 15 is 0 Å². The van der Waals surface area contributed by atoms with Crippen molar-refractivity contribution in [2.75, 3.05) is 33.9 Å². The molecular formula is C24H28N4O3S. The number of amides is 2. The number of piperidine rings is 1. The molecule has 4 rings (SSSR count). The summed E-state index contributed by atoms with van der Waals surface area (Å²) in [5, 5.41) is 13.8. The topological polar surface area (TPSA) is 76.6 Å². The van der Waals surface area contributed by atoms with Crippen LogP contribution in [-0.4, -0.2) is 55.0 Å². The fourth-order valence-corrected chi connectivity index (χ4v) is 4.81. The molecule has 1 aliphatic rings. The molecule has 0 radical (unpaired) electrons. The minimum atomic E-state index is -0.0110. The van der Waals surface area contributed by atoms with Crippen LogP contribution in [0.4, 0.5) is 4.79 Å². The quantitative estimate of drug-likeness (QED) is 0.577. The highest BCUT2D eigenvalue weighted by molar-refractivity contribution is 7.14. The van der Waals surface area contributed by atoms with E-state index in [1.54, 1.807) is 25.6 Å². The van der Waals surface area contributed by atoms with E-state index in [2.05, 4.69) is 15.5 Å². The van der Waals surface area contributed by atoms with Gasteiger partial charge in [-0.15, -0.1) is 10.2 Å². The van der Waals surface area contributed by atoms with Gasteiger partial charge in [0.2, 0.25) is 0 Å². The number of methoxy groups -OCH3 is 2. The molecule has 1 unspecified atom stereocenters. The Labute approximate surface area is 192 Å². The van der Waals surface area contributed by atoms with E-state index in [0.29, 0.717) is 13.1 Å². The van der Waals surface area contributed by atoms with Crippen LogP contribution in [-0.2, 0) is 6.42 Å². The number of likely N-dealkylation sites (tertiary alicyclic amines) is 1. The normalized spacial score (nSPS) is 15.9. The van der Waals surface area contributed by atoms with E-state index in [0.717, 1.165) is 52.9 Å². The van der Waals surface area contributed by atoms with Gasteiger partial charge in [0.1, 0.15) is 21.5 Å². The lowest BCUT2D eigenvalue weighted by atomic mass is 9.99. The number of carbonyl (C=O) groups is 1. The zero-order valence-corrected chi connectivity index (χ0v) is 19.2. The SMILES string of the molecule is COc1ccc(CCNC(=O)N2CCCC(c3nnc(-c4ccc(OC)cc4)s3)C2)cc1. The predicted octanol–water partition coefficient (Wildman–Crippen LogP) is 4.35. The number of rotatable bonds is 7. The van der Waals surface area contributed by atoms with Gasteiger partial charge >= 0.3 is 6.03 Å². The van der Waals surface area contributed by atoms with Gasteiger partial charge in [-0.05, 0) is 61.2 Å². The molecule has 0 saturated carbocycles. The number of nitrogens with one attached hydrogen (secondary N) is 1. The number of hydrogen-bond acceptors (Lipinski definition) is 6. The average Bonchev–Trinajstić information content (AvgIpc) is 3.35. The van der Waals surface area contributed by atoms with Crippen molar-refractivity contribution in [3.63, 3.8) is 0 Å². The van der Waals surface area contributed by atoms with E-state index in [4.69, 9.17) is 9.47 Å². The number of urea groups is 1. The van der Waals surface area contributed by atoms with E-state index in [1.807, 2.05) is 53.4 Å². The summed E-state index contributed by atoms with van der Waals surface area (Å²) in [4.78, 5) is 14.6. The summed E-state index contributed by atoms with van der Waals surface area (Å²) in [6.45, 7) is 2.05. The smallest absolute Gasteiger partial charge is 0.317 e. The lowest BCUT2D eigenvalue weighted by Gasteiger charge is -2.31. The highest BCUT2D eigenvalue weighted by Gasteiger charge is 2.27. The van der Waals surface area contributed by atoms with Gasteiger partial charge in [-0.2, -0.15) is 0 Å². The molecule has 32 heavy (non-hydrogen) atoms. The van der Waals surface area contributed by atoms with Crippen LogP contribution in [0, 0.1) is 0 Å². The Morgan fingerprint density at radius 2 is 1.75 bits per heavy atom. The summed E-state index contributed by atoms with van der Waals surface area (Å²) in [6, 6.07) is 15.8. The summed E-state index contributed by atoms with van der Waals surface area (Å²) in [6.07, 6.45) is 2.77. The summed E-state index contributed by atoms with van der Waals surface area (Å²) < 4.78 is 10.4. The molecule has 1 fully saturated rings. The van der Waals surface area contributed by atoms with Crippen LogP contribution in [0.5, 0.6) is 11.5 Å². The minimum absolute atomic E-state index is 0.0110. The summed E-state index contributed by atoms with van der Waals surface area (Å²) in [5.74, 6) is 1.88. The van der Waals surface area contributed by atoms with Crippen LogP contribution < -0.4 is 14.8 Å². The second-order valence-corrected chi connectivity index (χ2v) is 8.80. The van der Waals surface area contributed by atoms with Crippen molar-refractivity contribution in [2.24, 2.45) is 0 Å². The first-order chi connectivity index (χ1) is 15.7. The highest BCUT2D eigenvalue weighted by Crippen LogP contribution is 2.33. The minimum Gasteiger partial charge on any atom is -0.497 e. The van der Waals surface area contributed by atoms with Crippen LogP contribution in [0.2, 0.25) is 0 Å². The lowest BCUT2D eigenvalue weighted by Crippen LogP contribution is -2.45. The van der Waals surface area contributed by atoms with Gasteiger partial charge in [0.05, 0.1) is 14.2 Å². The van der Waals surface area contributed by atoms with Gasteiger partial charge in [-0.1, -0.05) is 23.5 Å². The van der Waals surface area contributed by atoms with Crippen LogP contribution >= 0.6 is 11.3 Å². The van der Waals surface area contributed by atoms with Gasteiger partial charge in [-0.25, -0.2) is 4.79 Å². The molecule has 7 nitrogen and oxygen atoms in total. The Kier molecular flexibility index (Phi) is 7.21. The van der Waals surface area contributed by atoms with Gasteiger partial charge in [0.15, 0.2) is 0 Å². The Balaban J connectivity index is 1.30. The number of benzene rings is 2. The average molecular weight is 453 g/mol. The molecule has 2 aromatic carbocycles. The number of carbonyl (C=O) groups excluding carboxylic acids is 1. The molecule has 1 N–H and O–H groups in total. The van der Waals surface area contributed by atoms with Crippen molar-refractivity contribution in [3.8, 4) is 22.1 Å². The van der Waals surface area contributed by atoms with Crippen molar-refractivity contribution in [2.45, 2.75) is 25.2 Å². The zero-order valence-electron chi connectivity index (χ0n) is 18.4. The molecule has 8 heteroatoms. The molecule has 1 atom stereocenters. The lowest BCUT2D eigenvalue weighted by molar-refractivity contribution is 0.179. The number of nitrogens with zero attached hydrogens (tertiary/aromatic N) is 3. The second kappa shape index (κ2) is 10.5. The Morgan fingerprint density at radius 1 is 1.06 bits per heavy atom. The summed E-state index contributed by atoms with van der Waals surface area (Å²) >= 11 is 1.61. The molecular weight excluding hydrogens is 424 g/mol. The Hall–Kier alpha value is -3.13. The maximum absolute atomic E-state index is 12.7. The largest absolute Gasteiger partial charge is 0.497 e. The highest BCUT2D eigenvalue weighted by atomic mass is 32.1. The molecule has 2 amide bonds. The predicted molar refractivity (Wildman–Crippen MR) is 126 cm³/mol. The molecule has 1 aliphatic heterocycles. The maximum Gasteiger partial charge on any atom is 0.317 e. The van der Waals surface area contributed by atoms with Crippen molar-refractivity contribution in [3.05, 3.63) is 59.1 Å². The van der Waals surface area contributed by atoms with E-state index in [9.17, 15) is 4.79 Å². The third-order valence-electron chi connectivity index (χ3n) is 5.68. The molecule has 2 heterocycles. The molecule has 0 spiro atoms. The summed E-state index contributed by atoms with van der Waals surface area (Å²) in [5.41, 5.74) is 2.20. The number of aromatic nitrogens is 2. The fourth-order valence-electron chi connectivity index (χ4n) is 3.83.